The van der Waals surface area contributed by atoms with Crippen molar-refractivity contribution in [1.29, 1.82) is 0 Å². The number of hydrogen-bond donors (Lipinski definition) is 2. The van der Waals surface area contributed by atoms with Crippen LogP contribution in [0.5, 0.6) is 0 Å². The highest BCUT2D eigenvalue weighted by Crippen LogP contribution is 2.08. The molecule has 0 spiro atoms. The molecule has 0 bridgehead atoms. The average Bonchev–Trinajstić information content (AvgIpc) is 2.41. The van der Waals surface area contributed by atoms with Crippen molar-refractivity contribution in [3.63, 3.8) is 0 Å². The Hall–Kier alpha value is -0.610. The molecule has 0 aromatic heterocycles. The summed E-state index contributed by atoms with van der Waals surface area (Å²) in [5, 5.41) is 17.2. The Morgan fingerprint density at radius 2 is 1.16 bits per heavy atom. The van der Waals surface area contributed by atoms with E-state index in [9.17, 15) is 4.79 Å². The summed E-state index contributed by atoms with van der Waals surface area (Å²) in [6.07, 6.45) is 10.8. The normalized spacial score (nSPS) is 10.6. The average molecular weight is 274 g/mol. The number of hydrogen-bond acceptors (Lipinski definition) is 4. The van der Waals surface area contributed by atoms with E-state index in [2.05, 4.69) is 0 Å². The van der Waals surface area contributed by atoms with Crippen molar-refractivity contribution in [3.05, 3.63) is 0 Å². The van der Waals surface area contributed by atoms with Crippen LogP contribution in [0.3, 0.4) is 0 Å². The summed E-state index contributed by atoms with van der Waals surface area (Å²) in [7, 11) is 0. The minimum absolute atomic E-state index is 0.141. The van der Waals surface area contributed by atoms with E-state index < -0.39 is 0 Å². The van der Waals surface area contributed by atoms with E-state index in [0.717, 1.165) is 25.7 Å². The maximum atomic E-state index is 11.2. The monoisotopic (exact) mass is 274 g/mol. The topological polar surface area (TPSA) is 66.8 Å². The highest BCUT2D eigenvalue weighted by Gasteiger charge is 2.01. The molecule has 0 saturated carbocycles. The number of ether oxygens (including phenoxy) is 1. The molecule has 0 aliphatic carbocycles. The molecule has 2 N–H and O–H groups in total. The Morgan fingerprint density at radius 3 is 1.74 bits per heavy atom. The van der Waals surface area contributed by atoms with Crippen LogP contribution in [-0.2, 0) is 9.53 Å². The summed E-state index contributed by atoms with van der Waals surface area (Å²) >= 11 is 0. The third-order valence-corrected chi connectivity index (χ3v) is 3.10. The largest absolute Gasteiger partial charge is 0.466 e. The minimum atomic E-state index is -0.141. The Balaban J connectivity index is 3.07. The highest BCUT2D eigenvalue weighted by atomic mass is 16.5. The van der Waals surface area contributed by atoms with Gasteiger partial charge in [0.25, 0.3) is 0 Å². The first-order valence-corrected chi connectivity index (χ1v) is 7.68. The second-order valence-corrected chi connectivity index (χ2v) is 4.95. The third kappa shape index (κ3) is 15.3. The first kappa shape index (κ1) is 18.4. The van der Waals surface area contributed by atoms with E-state index >= 15 is 0 Å². The van der Waals surface area contributed by atoms with Gasteiger partial charge in [-0.1, -0.05) is 38.5 Å². The standard InChI is InChI=1S/C15H30O4/c16-12-8-5-3-1-2-4-6-10-14-19-15(18)11-7-9-13-17/h16-17H,1-14H2. The van der Waals surface area contributed by atoms with Crippen LogP contribution in [0.2, 0.25) is 0 Å². The molecule has 0 fully saturated rings. The zero-order chi connectivity index (χ0) is 14.2. The number of carbonyl (C=O) groups excluding carboxylic acids is 1. The lowest BCUT2D eigenvalue weighted by molar-refractivity contribution is -0.143. The van der Waals surface area contributed by atoms with Crippen LogP contribution in [-0.4, -0.2) is 36.0 Å². The third-order valence-electron chi connectivity index (χ3n) is 3.10. The van der Waals surface area contributed by atoms with E-state index in [1.807, 2.05) is 0 Å². The summed E-state index contributed by atoms with van der Waals surface area (Å²) in [5.41, 5.74) is 0. The molecule has 0 radical (unpaired) electrons. The zero-order valence-corrected chi connectivity index (χ0v) is 12.1. The number of rotatable bonds is 14. The summed E-state index contributed by atoms with van der Waals surface area (Å²) in [6, 6.07) is 0. The molecule has 0 rings (SSSR count). The molecule has 19 heavy (non-hydrogen) atoms. The van der Waals surface area contributed by atoms with Gasteiger partial charge in [-0.05, 0) is 25.7 Å². The van der Waals surface area contributed by atoms with Gasteiger partial charge in [0.05, 0.1) is 6.61 Å². The van der Waals surface area contributed by atoms with E-state index in [1.54, 1.807) is 0 Å². The van der Waals surface area contributed by atoms with Crippen LogP contribution in [0.25, 0.3) is 0 Å². The Bertz CT molecular complexity index is 195. The van der Waals surface area contributed by atoms with E-state index in [1.165, 1.54) is 25.7 Å². The van der Waals surface area contributed by atoms with Crippen molar-refractivity contribution >= 4 is 5.97 Å². The molecule has 0 aliphatic heterocycles. The van der Waals surface area contributed by atoms with Gasteiger partial charge in [-0.25, -0.2) is 0 Å². The maximum Gasteiger partial charge on any atom is 0.305 e. The molecular formula is C15H30O4. The molecule has 0 saturated heterocycles. The summed E-state index contributed by atoms with van der Waals surface area (Å²) in [4.78, 5) is 11.2. The molecule has 0 aromatic rings. The van der Waals surface area contributed by atoms with Crippen molar-refractivity contribution < 1.29 is 19.7 Å². The van der Waals surface area contributed by atoms with E-state index in [-0.39, 0.29) is 12.6 Å². The number of aliphatic hydroxyl groups is 2. The minimum Gasteiger partial charge on any atom is -0.466 e. The molecule has 0 aromatic carbocycles. The van der Waals surface area contributed by atoms with E-state index in [4.69, 9.17) is 14.9 Å². The lowest BCUT2D eigenvalue weighted by Crippen LogP contribution is -2.05. The van der Waals surface area contributed by atoms with Crippen molar-refractivity contribution in [2.24, 2.45) is 0 Å². The Kier molecular flexibility index (Phi) is 15.0. The fourth-order valence-electron chi connectivity index (χ4n) is 1.91. The SMILES string of the molecule is O=C(CCCCO)OCCCCCCCCCCO. The van der Waals surface area contributed by atoms with Gasteiger partial charge in [0.1, 0.15) is 0 Å². The van der Waals surface area contributed by atoms with E-state index in [0.29, 0.717) is 32.5 Å². The Morgan fingerprint density at radius 1 is 0.684 bits per heavy atom. The smallest absolute Gasteiger partial charge is 0.305 e. The van der Waals surface area contributed by atoms with Gasteiger partial charge in [0.15, 0.2) is 0 Å². The first-order chi connectivity index (χ1) is 9.31. The number of unbranched alkanes of at least 4 members (excludes halogenated alkanes) is 8. The van der Waals surface area contributed by atoms with Gasteiger partial charge < -0.3 is 14.9 Å². The summed E-state index contributed by atoms with van der Waals surface area (Å²) < 4.78 is 5.10. The highest BCUT2D eigenvalue weighted by molar-refractivity contribution is 5.69. The molecule has 0 heterocycles. The lowest BCUT2D eigenvalue weighted by Gasteiger charge is -2.04. The number of aliphatic hydroxyl groups excluding tert-OH is 2. The predicted molar refractivity (Wildman–Crippen MR) is 75.9 cm³/mol. The van der Waals surface area contributed by atoms with Gasteiger partial charge in [0.2, 0.25) is 0 Å². The van der Waals surface area contributed by atoms with Crippen LogP contribution in [0.4, 0.5) is 0 Å². The zero-order valence-electron chi connectivity index (χ0n) is 12.1. The summed E-state index contributed by atoms with van der Waals surface area (Å²) in [5.74, 6) is -0.141. The van der Waals surface area contributed by atoms with Crippen LogP contribution in [0.1, 0.15) is 70.6 Å². The van der Waals surface area contributed by atoms with Crippen molar-refractivity contribution in [1.82, 2.24) is 0 Å². The van der Waals surface area contributed by atoms with Crippen molar-refractivity contribution in [2.75, 3.05) is 19.8 Å². The van der Waals surface area contributed by atoms with Gasteiger partial charge in [-0.2, -0.15) is 0 Å². The van der Waals surface area contributed by atoms with Crippen LogP contribution < -0.4 is 0 Å². The van der Waals surface area contributed by atoms with Crippen molar-refractivity contribution in [2.45, 2.75) is 70.6 Å². The molecule has 0 unspecified atom stereocenters. The maximum absolute atomic E-state index is 11.2. The molecule has 114 valence electrons. The predicted octanol–water partition coefficient (Wildman–Crippen LogP) is 2.81. The molecule has 0 aliphatic rings. The second-order valence-electron chi connectivity index (χ2n) is 4.95. The van der Waals surface area contributed by atoms with Gasteiger partial charge >= 0.3 is 5.97 Å². The molecule has 0 atom stereocenters. The number of esters is 1. The molecule has 4 heteroatoms. The quantitative estimate of drug-likeness (QED) is 0.377. The second kappa shape index (κ2) is 15.4. The van der Waals surface area contributed by atoms with Crippen LogP contribution in [0, 0.1) is 0 Å². The fourth-order valence-corrected chi connectivity index (χ4v) is 1.91. The van der Waals surface area contributed by atoms with Crippen LogP contribution >= 0.6 is 0 Å². The summed E-state index contributed by atoms with van der Waals surface area (Å²) in [6.45, 7) is 0.984. The molecule has 0 amide bonds. The van der Waals surface area contributed by atoms with Gasteiger partial charge in [-0.3, -0.25) is 4.79 Å². The van der Waals surface area contributed by atoms with Crippen molar-refractivity contribution in [3.8, 4) is 0 Å². The van der Waals surface area contributed by atoms with Gasteiger partial charge in [-0.15, -0.1) is 0 Å². The number of carbonyl (C=O) groups is 1. The first-order valence-electron chi connectivity index (χ1n) is 7.68. The Labute approximate surface area is 117 Å². The molecule has 4 nitrogen and oxygen atoms in total. The fraction of sp³-hybridized carbons (Fsp3) is 0.933. The lowest BCUT2D eigenvalue weighted by atomic mass is 10.1. The van der Waals surface area contributed by atoms with Gasteiger partial charge in [0, 0.05) is 19.6 Å². The van der Waals surface area contributed by atoms with Crippen LogP contribution in [0.15, 0.2) is 0 Å². The molecular weight excluding hydrogens is 244 g/mol.